The van der Waals surface area contributed by atoms with Crippen LogP contribution in [-0.4, -0.2) is 22.0 Å². The molecule has 1 heterocycles. The van der Waals surface area contributed by atoms with Crippen LogP contribution in [0.5, 0.6) is 0 Å². The number of rotatable bonds is 5. The van der Waals surface area contributed by atoms with Crippen LogP contribution < -0.4 is 16.0 Å². The second-order valence-electron chi connectivity index (χ2n) is 5.77. The van der Waals surface area contributed by atoms with E-state index in [0.29, 0.717) is 11.5 Å². The number of halogens is 2. The van der Waals surface area contributed by atoms with Crippen LogP contribution in [-0.2, 0) is 4.79 Å². The minimum atomic E-state index is -1.11. The number of hydrogen-bond donors (Lipinski definition) is 3. The molecule has 142 valence electrons. The number of aromatic nitrogens is 2. The Hall–Kier alpha value is -3.88. The van der Waals surface area contributed by atoms with Crippen LogP contribution in [0.15, 0.2) is 54.6 Å². The largest absolute Gasteiger partial charge is 0.339 e. The normalized spacial score (nSPS) is 10.2. The van der Waals surface area contributed by atoms with Crippen LogP contribution in [0, 0.1) is 11.6 Å². The van der Waals surface area contributed by atoms with Crippen molar-refractivity contribution in [2.24, 2.45) is 0 Å². The number of amides is 2. The van der Waals surface area contributed by atoms with E-state index in [1.165, 1.54) is 19.1 Å². The standard InChI is InChI=1S/C19H15F2N5O2/c1-11(27)22-13-3-5-14(6-4-13)23-17-8-9-18(26-25-17)24-19(28)12-2-7-15(20)16(21)10-12/h2-10H,1H3,(H,22,27)(H,23,25)(H,24,26,28). The van der Waals surface area contributed by atoms with Crippen LogP contribution in [0.25, 0.3) is 0 Å². The van der Waals surface area contributed by atoms with Gasteiger partial charge in [-0.2, -0.15) is 0 Å². The van der Waals surface area contributed by atoms with Crippen molar-refractivity contribution >= 4 is 34.8 Å². The van der Waals surface area contributed by atoms with Crippen molar-refractivity contribution in [3.05, 3.63) is 71.8 Å². The Kier molecular flexibility index (Phi) is 5.54. The molecule has 0 aliphatic heterocycles. The summed E-state index contributed by atoms with van der Waals surface area (Å²) < 4.78 is 26.1. The van der Waals surface area contributed by atoms with Crippen LogP contribution in [0.4, 0.5) is 31.8 Å². The third kappa shape index (κ3) is 4.85. The highest BCUT2D eigenvalue weighted by Gasteiger charge is 2.11. The van der Waals surface area contributed by atoms with Crippen LogP contribution in [0.1, 0.15) is 17.3 Å². The molecule has 0 fully saturated rings. The molecule has 0 spiro atoms. The molecule has 0 aliphatic rings. The summed E-state index contributed by atoms with van der Waals surface area (Å²) in [6.45, 7) is 1.43. The van der Waals surface area contributed by atoms with Gasteiger partial charge in [0.2, 0.25) is 5.91 Å². The lowest BCUT2D eigenvalue weighted by molar-refractivity contribution is -0.114. The molecule has 0 unspecified atom stereocenters. The maximum Gasteiger partial charge on any atom is 0.256 e. The lowest BCUT2D eigenvalue weighted by atomic mass is 10.2. The minimum absolute atomic E-state index is 0.0397. The summed E-state index contributed by atoms with van der Waals surface area (Å²) in [7, 11) is 0. The van der Waals surface area contributed by atoms with Crippen molar-refractivity contribution in [3.8, 4) is 0 Å². The summed E-state index contributed by atoms with van der Waals surface area (Å²) in [6.07, 6.45) is 0. The summed E-state index contributed by atoms with van der Waals surface area (Å²) >= 11 is 0. The van der Waals surface area contributed by atoms with Gasteiger partial charge in [0, 0.05) is 23.9 Å². The van der Waals surface area contributed by atoms with Gasteiger partial charge in [0.05, 0.1) is 0 Å². The number of carbonyl (C=O) groups excluding carboxylic acids is 2. The highest BCUT2D eigenvalue weighted by Crippen LogP contribution is 2.18. The molecular weight excluding hydrogens is 368 g/mol. The Balaban J connectivity index is 1.62. The monoisotopic (exact) mass is 383 g/mol. The molecule has 2 amide bonds. The highest BCUT2D eigenvalue weighted by molar-refractivity contribution is 6.03. The smallest absolute Gasteiger partial charge is 0.256 e. The minimum Gasteiger partial charge on any atom is -0.339 e. The molecule has 0 saturated heterocycles. The van der Waals surface area contributed by atoms with E-state index in [1.54, 1.807) is 30.3 Å². The zero-order chi connectivity index (χ0) is 20.1. The van der Waals surface area contributed by atoms with E-state index < -0.39 is 17.5 Å². The fourth-order valence-corrected chi connectivity index (χ4v) is 2.28. The number of benzene rings is 2. The van der Waals surface area contributed by atoms with Crippen molar-refractivity contribution in [2.45, 2.75) is 6.92 Å². The molecule has 3 aromatic rings. The quantitative estimate of drug-likeness (QED) is 0.624. The first-order valence-corrected chi connectivity index (χ1v) is 8.15. The zero-order valence-corrected chi connectivity index (χ0v) is 14.7. The maximum absolute atomic E-state index is 13.2. The molecule has 0 radical (unpaired) electrons. The van der Waals surface area contributed by atoms with E-state index in [9.17, 15) is 18.4 Å². The van der Waals surface area contributed by atoms with Gasteiger partial charge in [0.1, 0.15) is 0 Å². The molecule has 0 bridgehead atoms. The van der Waals surface area contributed by atoms with Gasteiger partial charge in [-0.15, -0.1) is 10.2 Å². The highest BCUT2D eigenvalue weighted by atomic mass is 19.2. The van der Waals surface area contributed by atoms with E-state index >= 15 is 0 Å². The SMILES string of the molecule is CC(=O)Nc1ccc(Nc2ccc(NC(=O)c3ccc(F)c(F)c3)nn2)cc1. The summed E-state index contributed by atoms with van der Waals surface area (Å²) in [5.74, 6) is -2.35. The first-order valence-electron chi connectivity index (χ1n) is 8.15. The molecule has 0 aliphatic carbocycles. The Morgan fingerprint density at radius 2 is 1.43 bits per heavy atom. The Morgan fingerprint density at radius 1 is 0.786 bits per heavy atom. The average molecular weight is 383 g/mol. The molecule has 3 N–H and O–H groups in total. The molecule has 2 aromatic carbocycles. The van der Waals surface area contributed by atoms with Gasteiger partial charge in [-0.1, -0.05) is 0 Å². The van der Waals surface area contributed by atoms with Gasteiger partial charge < -0.3 is 16.0 Å². The van der Waals surface area contributed by atoms with Crippen molar-refractivity contribution in [1.82, 2.24) is 10.2 Å². The Bertz CT molecular complexity index is 1010. The second-order valence-corrected chi connectivity index (χ2v) is 5.77. The molecule has 0 atom stereocenters. The molecule has 28 heavy (non-hydrogen) atoms. The summed E-state index contributed by atoms with van der Waals surface area (Å²) in [4.78, 5) is 23.1. The summed E-state index contributed by atoms with van der Waals surface area (Å²) in [5, 5.41) is 15.9. The molecule has 3 rings (SSSR count). The third-order valence-electron chi connectivity index (χ3n) is 3.57. The van der Waals surface area contributed by atoms with Gasteiger partial charge in [0.15, 0.2) is 23.3 Å². The van der Waals surface area contributed by atoms with Crippen molar-refractivity contribution in [1.29, 1.82) is 0 Å². The number of nitrogens with zero attached hydrogens (tertiary/aromatic N) is 2. The Morgan fingerprint density at radius 3 is 2.04 bits per heavy atom. The van der Waals surface area contributed by atoms with Crippen LogP contribution in [0.2, 0.25) is 0 Å². The van der Waals surface area contributed by atoms with Gasteiger partial charge in [-0.05, 0) is 54.6 Å². The average Bonchev–Trinajstić information content (AvgIpc) is 2.66. The van der Waals surface area contributed by atoms with Crippen LogP contribution >= 0.6 is 0 Å². The van der Waals surface area contributed by atoms with Crippen molar-refractivity contribution in [3.63, 3.8) is 0 Å². The Labute approximate surface area is 158 Å². The molecular formula is C19H15F2N5O2. The van der Waals surface area contributed by atoms with Gasteiger partial charge >= 0.3 is 0 Å². The lowest BCUT2D eigenvalue weighted by Gasteiger charge is -2.08. The van der Waals surface area contributed by atoms with E-state index in [4.69, 9.17) is 0 Å². The van der Waals surface area contributed by atoms with E-state index in [1.807, 2.05) is 0 Å². The second kappa shape index (κ2) is 8.21. The van der Waals surface area contributed by atoms with Crippen molar-refractivity contribution in [2.75, 3.05) is 16.0 Å². The molecule has 1 aromatic heterocycles. The summed E-state index contributed by atoms with van der Waals surface area (Å²) in [6, 6.07) is 12.9. The first-order chi connectivity index (χ1) is 13.4. The summed E-state index contributed by atoms with van der Waals surface area (Å²) in [5.41, 5.74) is 1.35. The maximum atomic E-state index is 13.2. The predicted octanol–water partition coefficient (Wildman–Crippen LogP) is 3.71. The predicted molar refractivity (Wildman–Crippen MR) is 100 cm³/mol. The fourth-order valence-electron chi connectivity index (χ4n) is 2.28. The van der Waals surface area contributed by atoms with Crippen LogP contribution in [0.3, 0.4) is 0 Å². The zero-order valence-electron chi connectivity index (χ0n) is 14.7. The first kappa shape index (κ1) is 18.9. The topological polar surface area (TPSA) is 96.0 Å². The number of carbonyl (C=O) groups is 2. The number of hydrogen-bond acceptors (Lipinski definition) is 5. The number of anilines is 4. The molecule has 7 nitrogen and oxygen atoms in total. The van der Waals surface area contributed by atoms with Crippen molar-refractivity contribution < 1.29 is 18.4 Å². The number of nitrogens with one attached hydrogen (secondary N) is 3. The van der Waals surface area contributed by atoms with E-state index in [0.717, 1.165) is 17.8 Å². The lowest BCUT2D eigenvalue weighted by Crippen LogP contribution is -2.14. The van der Waals surface area contributed by atoms with Gasteiger partial charge in [-0.25, -0.2) is 8.78 Å². The van der Waals surface area contributed by atoms with Gasteiger partial charge in [0.25, 0.3) is 5.91 Å². The van der Waals surface area contributed by atoms with E-state index in [2.05, 4.69) is 26.1 Å². The molecule has 0 saturated carbocycles. The van der Waals surface area contributed by atoms with Gasteiger partial charge in [-0.3, -0.25) is 9.59 Å². The van der Waals surface area contributed by atoms with E-state index in [-0.39, 0.29) is 17.3 Å². The fraction of sp³-hybridized carbons (Fsp3) is 0.0526. The third-order valence-corrected chi connectivity index (χ3v) is 3.57. The molecule has 9 heteroatoms.